The Bertz CT molecular complexity index is 342. The van der Waals surface area contributed by atoms with E-state index in [1.165, 1.54) is 12.2 Å². The molecule has 2 amide bonds. The maximum absolute atomic E-state index is 10.0. The highest BCUT2D eigenvalue weighted by molar-refractivity contribution is 6.12. The van der Waals surface area contributed by atoms with Crippen LogP contribution < -0.4 is 11.1 Å². The van der Waals surface area contributed by atoms with E-state index in [1.54, 1.807) is 0 Å². The Morgan fingerprint density at radius 2 is 1.43 bits per heavy atom. The first-order valence-electron chi connectivity index (χ1n) is 4.02. The summed E-state index contributed by atoms with van der Waals surface area (Å²) in [5, 5.41) is 2.03. The average Bonchev–Trinajstić information content (AvgIpc) is 2.52. The molecule has 4 heteroatoms. The molecule has 72 valence electrons. The quantitative estimate of drug-likeness (QED) is 0.461. The summed E-state index contributed by atoms with van der Waals surface area (Å²) < 4.78 is 0. The number of carbonyl (C=O) groups is 2. The molecule has 4 nitrogen and oxygen atoms in total. The maximum Gasteiger partial charge on any atom is 0.250 e. The van der Waals surface area contributed by atoms with Crippen molar-refractivity contribution in [2.75, 3.05) is 5.73 Å². The highest BCUT2D eigenvalue weighted by Crippen LogP contribution is 1.95. The van der Waals surface area contributed by atoms with Gasteiger partial charge < -0.3 is 5.73 Å². The molecule has 0 spiro atoms. The summed E-state index contributed by atoms with van der Waals surface area (Å²) in [4.78, 5) is 20.1. The first-order chi connectivity index (χ1) is 6.68. The minimum Gasteiger partial charge on any atom is -0.399 e. The lowest BCUT2D eigenvalue weighted by molar-refractivity contribution is -0.123. The molecule has 1 aromatic carbocycles. The fourth-order valence-electron chi connectivity index (χ4n) is 0.809. The van der Waals surface area contributed by atoms with Gasteiger partial charge in [-0.25, -0.2) is 0 Å². The number of carbonyl (C=O) groups excluding carboxylic acids is 2. The van der Waals surface area contributed by atoms with Gasteiger partial charge in [0.25, 0.3) is 11.8 Å². The first-order valence-corrected chi connectivity index (χ1v) is 4.02. The molecule has 1 aliphatic rings. The monoisotopic (exact) mass is 190 g/mol. The van der Waals surface area contributed by atoms with Crippen LogP contribution in [0.3, 0.4) is 0 Å². The molecule has 0 aromatic heterocycles. The maximum atomic E-state index is 10.0. The van der Waals surface area contributed by atoms with Crippen molar-refractivity contribution in [2.24, 2.45) is 0 Å². The van der Waals surface area contributed by atoms with Crippen LogP contribution in [0, 0.1) is 0 Å². The fraction of sp³-hybridized carbons (Fsp3) is 0. The highest BCUT2D eigenvalue weighted by atomic mass is 16.2. The molecule has 0 bridgehead atoms. The Morgan fingerprint density at radius 1 is 0.929 bits per heavy atom. The number of imide groups is 1. The van der Waals surface area contributed by atoms with Crippen molar-refractivity contribution in [1.29, 1.82) is 0 Å². The first kappa shape index (κ1) is 9.98. The van der Waals surface area contributed by atoms with Crippen molar-refractivity contribution >= 4 is 17.5 Å². The van der Waals surface area contributed by atoms with Crippen LogP contribution in [0.1, 0.15) is 0 Å². The predicted molar refractivity (Wildman–Crippen MR) is 53.1 cm³/mol. The molecule has 0 fully saturated rings. The molecule has 0 radical (unpaired) electrons. The van der Waals surface area contributed by atoms with E-state index in [0.29, 0.717) is 0 Å². The van der Waals surface area contributed by atoms with Crippen LogP contribution >= 0.6 is 0 Å². The van der Waals surface area contributed by atoms with E-state index >= 15 is 0 Å². The van der Waals surface area contributed by atoms with Gasteiger partial charge in [0, 0.05) is 17.8 Å². The van der Waals surface area contributed by atoms with E-state index in [0.717, 1.165) is 5.69 Å². The van der Waals surface area contributed by atoms with Crippen LogP contribution in [0.5, 0.6) is 0 Å². The lowest BCUT2D eigenvalue weighted by Crippen LogP contribution is -2.19. The van der Waals surface area contributed by atoms with Crippen molar-refractivity contribution in [3.63, 3.8) is 0 Å². The lowest BCUT2D eigenvalue weighted by Gasteiger charge is -1.83. The average molecular weight is 190 g/mol. The molecule has 14 heavy (non-hydrogen) atoms. The van der Waals surface area contributed by atoms with Gasteiger partial charge >= 0.3 is 0 Å². The summed E-state index contributed by atoms with van der Waals surface area (Å²) in [6.07, 6.45) is 2.39. The Morgan fingerprint density at radius 3 is 1.64 bits per heavy atom. The minimum absolute atomic E-state index is 0.329. The largest absolute Gasteiger partial charge is 0.399 e. The van der Waals surface area contributed by atoms with Gasteiger partial charge in [0.1, 0.15) is 0 Å². The van der Waals surface area contributed by atoms with E-state index in [2.05, 4.69) is 0 Å². The Kier molecular flexibility index (Phi) is 3.43. The van der Waals surface area contributed by atoms with E-state index in [-0.39, 0.29) is 11.8 Å². The van der Waals surface area contributed by atoms with Gasteiger partial charge in [-0.05, 0) is 12.1 Å². The van der Waals surface area contributed by atoms with Crippen LogP contribution in [0.2, 0.25) is 0 Å². The Hall–Kier alpha value is -2.10. The molecule has 1 aromatic rings. The second kappa shape index (κ2) is 4.81. The van der Waals surface area contributed by atoms with Gasteiger partial charge in [-0.15, -0.1) is 0 Å². The summed E-state index contributed by atoms with van der Waals surface area (Å²) in [6.45, 7) is 0. The van der Waals surface area contributed by atoms with Gasteiger partial charge in [0.05, 0.1) is 0 Å². The number of hydrogen-bond acceptors (Lipinski definition) is 3. The summed E-state index contributed by atoms with van der Waals surface area (Å²) in [5.41, 5.74) is 6.18. The van der Waals surface area contributed by atoms with Gasteiger partial charge in [-0.2, -0.15) is 0 Å². The molecular weight excluding hydrogens is 180 g/mol. The second-order valence-electron chi connectivity index (χ2n) is 2.60. The number of amides is 2. The summed E-state index contributed by atoms with van der Waals surface area (Å²) >= 11 is 0. The van der Waals surface area contributed by atoms with Gasteiger partial charge in [-0.3, -0.25) is 14.9 Å². The summed E-state index contributed by atoms with van der Waals surface area (Å²) in [5.74, 6) is -0.657. The van der Waals surface area contributed by atoms with Gasteiger partial charge in [0.2, 0.25) is 0 Å². The van der Waals surface area contributed by atoms with Crippen molar-refractivity contribution in [3.05, 3.63) is 42.5 Å². The third-order valence-electron chi connectivity index (χ3n) is 1.43. The summed E-state index contributed by atoms with van der Waals surface area (Å²) in [7, 11) is 0. The molecular formula is C10H10N2O2. The number of benzene rings is 1. The number of nitrogens with two attached hydrogens (primary N) is 1. The molecule has 0 saturated heterocycles. The smallest absolute Gasteiger partial charge is 0.250 e. The molecule has 1 heterocycles. The Balaban J connectivity index is 0.000000140. The van der Waals surface area contributed by atoms with Crippen molar-refractivity contribution < 1.29 is 9.59 Å². The molecule has 1 aliphatic heterocycles. The molecule has 0 unspecified atom stereocenters. The third kappa shape index (κ3) is 3.53. The molecule has 0 atom stereocenters. The highest BCUT2D eigenvalue weighted by Gasteiger charge is 2.06. The third-order valence-corrected chi connectivity index (χ3v) is 1.43. The number of anilines is 1. The van der Waals surface area contributed by atoms with Gasteiger partial charge in [-0.1, -0.05) is 18.2 Å². The van der Waals surface area contributed by atoms with Crippen LogP contribution in [0.25, 0.3) is 0 Å². The van der Waals surface area contributed by atoms with E-state index in [9.17, 15) is 9.59 Å². The normalized spacial score (nSPS) is 13.1. The minimum atomic E-state index is -0.329. The van der Waals surface area contributed by atoms with Crippen molar-refractivity contribution in [1.82, 2.24) is 5.32 Å². The van der Waals surface area contributed by atoms with Crippen LogP contribution in [0.15, 0.2) is 42.5 Å². The van der Waals surface area contributed by atoms with Gasteiger partial charge in [0.15, 0.2) is 0 Å². The van der Waals surface area contributed by atoms with E-state index in [4.69, 9.17) is 5.73 Å². The predicted octanol–water partition coefficient (Wildman–Crippen LogP) is 0.468. The van der Waals surface area contributed by atoms with Crippen molar-refractivity contribution in [2.45, 2.75) is 0 Å². The van der Waals surface area contributed by atoms with E-state index < -0.39 is 0 Å². The Labute approximate surface area is 81.4 Å². The van der Waals surface area contributed by atoms with Crippen LogP contribution in [0.4, 0.5) is 5.69 Å². The fourth-order valence-corrected chi connectivity index (χ4v) is 0.809. The number of para-hydroxylation sites is 1. The number of rotatable bonds is 0. The molecule has 2 rings (SSSR count). The lowest BCUT2D eigenvalue weighted by atomic mass is 10.3. The molecule has 0 saturated carbocycles. The SMILES string of the molecule is Nc1ccccc1.O=C1C=CC(=O)N1. The number of nitrogen functional groups attached to an aromatic ring is 1. The van der Waals surface area contributed by atoms with Crippen LogP contribution in [-0.4, -0.2) is 11.8 Å². The second-order valence-corrected chi connectivity index (χ2v) is 2.60. The standard InChI is InChI=1S/C6H7N.C4H3NO2/c7-6-4-2-1-3-5-6;6-3-1-2-4(7)5-3/h1-5H,7H2;1-2H,(H,5,6,7). The number of hydrogen-bond donors (Lipinski definition) is 2. The number of nitrogens with one attached hydrogen (secondary N) is 1. The topological polar surface area (TPSA) is 72.2 Å². The summed E-state index contributed by atoms with van der Waals surface area (Å²) in [6, 6.07) is 9.49. The zero-order valence-electron chi connectivity index (χ0n) is 7.44. The zero-order valence-corrected chi connectivity index (χ0v) is 7.44. The van der Waals surface area contributed by atoms with Crippen molar-refractivity contribution in [3.8, 4) is 0 Å². The zero-order chi connectivity index (χ0) is 10.4. The molecule has 0 aliphatic carbocycles. The molecule has 3 N–H and O–H groups in total. The van der Waals surface area contributed by atoms with Crippen LogP contribution in [-0.2, 0) is 9.59 Å². The van der Waals surface area contributed by atoms with E-state index in [1.807, 2.05) is 35.6 Å².